The summed E-state index contributed by atoms with van der Waals surface area (Å²) in [5.74, 6) is 0. The number of hydrogen-bond acceptors (Lipinski definition) is 3. The number of rotatable bonds is 3. The third-order valence-electron chi connectivity index (χ3n) is 2.61. The molecule has 90 valence electrons. The van der Waals surface area contributed by atoms with Crippen LogP contribution in [0.2, 0.25) is 0 Å². The fourth-order valence-electron chi connectivity index (χ4n) is 1.60. The van der Waals surface area contributed by atoms with Gasteiger partial charge in [-0.3, -0.25) is 0 Å². The highest BCUT2D eigenvalue weighted by molar-refractivity contribution is 9.10. The van der Waals surface area contributed by atoms with Crippen molar-refractivity contribution < 1.29 is 0 Å². The van der Waals surface area contributed by atoms with Crippen LogP contribution < -0.4 is 11.1 Å². The summed E-state index contributed by atoms with van der Waals surface area (Å²) in [6.07, 6.45) is 0. The molecule has 0 radical (unpaired) electrons. The molecule has 0 heterocycles. The molecule has 0 fully saturated rings. The summed E-state index contributed by atoms with van der Waals surface area (Å²) in [5.41, 5.74) is 8.72. The maximum atomic E-state index is 8.91. The van der Waals surface area contributed by atoms with Crippen molar-refractivity contribution in [2.45, 2.75) is 6.54 Å². The minimum absolute atomic E-state index is 0.493. The van der Waals surface area contributed by atoms with E-state index in [-0.39, 0.29) is 0 Å². The van der Waals surface area contributed by atoms with Crippen LogP contribution in [-0.2, 0) is 6.54 Å². The molecule has 0 saturated carbocycles. The molecule has 3 N–H and O–H groups in total. The van der Waals surface area contributed by atoms with Crippen LogP contribution in [0.15, 0.2) is 46.9 Å². The lowest BCUT2D eigenvalue weighted by atomic mass is 10.1. The first-order valence-corrected chi connectivity index (χ1v) is 6.27. The summed E-state index contributed by atoms with van der Waals surface area (Å²) in [6.45, 7) is 0.691. The van der Waals surface area contributed by atoms with E-state index in [1.807, 2.05) is 30.3 Å². The molecular weight excluding hydrogens is 290 g/mol. The zero-order chi connectivity index (χ0) is 13.0. The number of nitrogens with zero attached hydrogens (tertiary/aromatic N) is 1. The molecular formula is C14H12BrN3. The highest BCUT2D eigenvalue weighted by Crippen LogP contribution is 2.20. The minimum atomic E-state index is 0.493. The zero-order valence-corrected chi connectivity index (χ0v) is 11.2. The standard InChI is InChI=1S/C14H12BrN3/c15-13-4-2-1-3-10(13)9-18-12-5-6-14(17)11(7-12)8-16/h1-7,18H,9,17H2. The van der Waals surface area contributed by atoms with Crippen molar-refractivity contribution >= 4 is 27.3 Å². The first kappa shape index (κ1) is 12.5. The van der Waals surface area contributed by atoms with Gasteiger partial charge in [0.2, 0.25) is 0 Å². The van der Waals surface area contributed by atoms with E-state index in [1.54, 1.807) is 12.1 Å². The van der Waals surface area contributed by atoms with E-state index in [2.05, 4.69) is 27.3 Å². The summed E-state index contributed by atoms with van der Waals surface area (Å²) in [4.78, 5) is 0. The molecule has 2 aromatic carbocycles. The van der Waals surface area contributed by atoms with Crippen LogP contribution in [0.1, 0.15) is 11.1 Å². The van der Waals surface area contributed by atoms with Crippen LogP contribution in [0.25, 0.3) is 0 Å². The molecule has 0 atom stereocenters. The Morgan fingerprint density at radius 3 is 2.72 bits per heavy atom. The number of nitrogens with one attached hydrogen (secondary N) is 1. The molecule has 0 bridgehead atoms. The van der Waals surface area contributed by atoms with E-state index in [9.17, 15) is 0 Å². The van der Waals surface area contributed by atoms with Gasteiger partial charge >= 0.3 is 0 Å². The first-order chi connectivity index (χ1) is 8.70. The lowest BCUT2D eigenvalue weighted by molar-refractivity contribution is 1.14. The van der Waals surface area contributed by atoms with Crippen LogP contribution in [0.5, 0.6) is 0 Å². The van der Waals surface area contributed by atoms with Gasteiger partial charge in [0.05, 0.1) is 5.56 Å². The predicted octanol–water partition coefficient (Wildman–Crippen LogP) is 3.52. The Bertz CT molecular complexity index is 602. The van der Waals surface area contributed by atoms with Gasteiger partial charge in [-0.25, -0.2) is 0 Å². The van der Waals surface area contributed by atoms with Crippen LogP contribution in [0.4, 0.5) is 11.4 Å². The lowest BCUT2D eigenvalue weighted by Gasteiger charge is -2.09. The molecule has 3 nitrogen and oxygen atoms in total. The average Bonchev–Trinajstić information content (AvgIpc) is 2.39. The van der Waals surface area contributed by atoms with Gasteiger partial charge in [-0.2, -0.15) is 5.26 Å². The second-order valence-corrected chi connectivity index (χ2v) is 4.71. The first-order valence-electron chi connectivity index (χ1n) is 5.47. The van der Waals surface area contributed by atoms with Crippen molar-refractivity contribution in [3.8, 4) is 6.07 Å². The van der Waals surface area contributed by atoms with Crippen molar-refractivity contribution in [2.24, 2.45) is 0 Å². The smallest absolute Gasteiger partial charge is 0.101 e. The van der Waals surface area contributed by atoms with Gasteiger partial charge in [-0.1, -0.05) is 34.1 Å². The van der Waals surface area contributed by atoms with Crippen LogP contribution >= 0.6 is 15.9 Å². The maximum absolute atomic E-state index is 8.91. The van der Waals surface area contributed by atoms with Crippen molar-refractivity contribution in [1.29, 1.82) is 5.26 Å². The van der Waals surface area contributed by atoms with Gasteiger partial charge in [-0.15, -0.1) is 0 Å². The highest BCUT2D eigenvalue weighted by Gasteiger charge is 2.01. The quantitative estimate of drug-likeness (QED) is 0.853. The Morgan fingerprint density at radius 2 is 2.00 bits per heavy atom. The molecule has 18 heavy (non-hydrogen) atoms. The molecule has 0 aromatic heterocycles. The largest absolute Gasteiger partial charge is 0.398 e. The van der Waals surface area contributed by atoms with E-state index >= 15 is 0 Å². The number of benzene rings is 2. The van der Waals surface area contributed by atoms with E-state index in [1.165, 1.54) is 0 Å². The Morgan fingerprint density at radius 1 is 1.22 bits per heavy atom. The number of anilines is 2. The van der Waals surface area contributed by atoms with E-state index in [0.717, 1.165) is 15.7 Å². The molecule has 0 amide bonds. The number of hydrogen-bond donors (Lipinski definition) is 2. The third-order valence-corrected chi connectivity index (χ3v) is 3.39. The lowest BCUT2D eigenvalue weighted by Crippen LogP contribution is -2.01. The number of nitrogen functional groups attached to an aromatic ring is 1. The second kappa shape index (κ2) is 5.56. The van der Waals surface area contributed by atoms with Crippen molar-refractivity contribution in [1.82, 2.24) is 0 Å². The number of nitriles is 1. The van der Waals surface area contributed by atoms with Gasteiger partial charge in [0.25, 0.3) is 0 Å². The summed E-state index contributed by atoms with van der Waals surface area (Å²) in [5, 5.41) is 12.2. The fraction of sp³-hybridized carbons (Fsp3) is 0.0714. The van der Waals surface area contributed by atoms with Crippen molar-refractivity contribution in [3.05, 3.63) is 58.1 Å². The van der Waals surface area contributed by atoms with Crippen LogP contribution in [0, 0.1) is 11.3 Å². The zero-order valence-electron chi connectivity index (χ0n) is 9.65. The number of nitrogens with two attached hydrogens (primary N) is 1. The third kappa shape index (κ3) is 2.82. The SMILES string of the molecule is N#Cc1cc(NCc2ccccc2Br)ccc1N. The Labute approximate surface area is 114 Å². The highest BCUT2D eigenvalue weighted by atomic mass is 79.9. The Hall–Kier alpha value is -1.99. The molecule has 2 rings (SSSR count). The minimum Gasteiger partial charge on any atom is -0.398 e. The molecule has 0 spiro atoms. The number of halogens is 1. The molecule has 0 aliphatic rings. The topological polar surface area (TPSA) is 61.8 Å². The monoisotopic (exact) mass is 301 g/mol. The summed E-state index contributed by atoms with van der Waals surface area (Å²) >= 11 is 3.50. The van der Waals surface area contributed by atoms with Gasteiger partial charge in [0.15, 0.2) is 0 Å². The van der Waals surface area contributed by atoms with Gasteiger partial charge in [0.1, 0.15) is 6.07 Å². The predicted molar refractivity (Wildman–Crippen MR) is 77.0 cm³/mol. The van der Waals surface area contributed by atoms with E-state index in [0.29, 0.717) is 17.8 Å². The van der Waals surface area contributed by atoms with Gasteiger partial charge in [0, 0.05) is 22.4 Å². The van der Waals surface area contributed by atoms with Crippen molar-refractivity contribution in [3.63, 3.8) is 0 Å². The summed E-state index contributed by atoms with van der Waals surface area (Å²) in [6, 6.07) is 15.4. The van der Waals surface area contributed by atoms with Gasteiger partial charge < -0.3 is 11.1 Å². The fourth-order valence-corrected chi connectivity index (χ4v) is 2.03. The van der Waals surface area contributed by atoms with E-state index < -0.39 is 0 Å². The summed E-state index contributed by atoms with van der Waals surface area (Å²) in [7, 11) is 0. The van der Waals surface area contributed by atoms with Crippen LogP contribution in [-0.4, -0.2) is 0 Å². The molecule has 0 saturated heterocycles. The second-order valence-electron chi connectivity index (χ2n) is 3.86. The molecule has 2 aromatic rings. The normalized spacial score (nSPS) is 9.78. The maximum Gasteiger partial charge on any atom is 0.101 e. The average molecular weight is 302 g/mol. The van der Waals surface area contributed by atoms with E-state index in [4.69, 9.17) is 11.0 Å². The van der Waals surface area contributed by atoms with Crippen molar-refractivity contribution in [2.75, 3.05) is 11.1 Å². The summed E-state index contributed by atoms with van der Waals surface area (Å²) < 4.78 is 1.06. The molecule has 0 unspecified atom stereocenters. The van der Waals surface area contributed by atoms with Crippen LogP contribution in [0.3, 0.4) is 0 Å². The Kier molecular flexibility index (Phi) is 3.85. The Balaban J connectivity index is 2.12. The molecule has 0 aliphatic heterocycles. The molecule has 0 aliphatic carbocycles. The molecule has 4 heteroatoms. The van der Waals surface area contributed by atoms with Gasteiger partial charge in [-0.05, 0) is 29.8 Å².